The molecule has 0 aliphatic rings. The van der Waals surface area contributed by atoms with Crippen molar-refractivity contribution in [1.29, 1.82) is 0 Å². The van der Waals surface area contributed by atoms with Crippen LogP contribution in [0, 0.1) is 0 Å². The Morgan fingerprint density at radius 1 is 1.38 bits per heavy atom. The molecule has 0 saturated carbocycles. The third-order valence-corrected chi connectivity index (χ3v) is 3.77. The standard InChI is InChI=1S/C15H19BrN4O/c1-15(2,11-3-5-12(16)6-4-11)19-14(21)13-9-20(8-7-17)10-18-13/h3-6,9-10H,7-8,17H2,1-2H3,(H,19,21). The molecule has 1 aromatic carbocycles. The van der Waals surface area contributed by atoms with Gasteiger partial charge in [0, 0.05) is 23.8 Å². The van der Waals surface area contributed by atoms with Gasteiger partial charge in [-0.1, -0.05) is 28.1 Å². The van der Waals surface area contributed by atoms with E-state index in [0.717, 1.165) is 10.0 Å². The minimum absolute atomic E-state index is 0.196. The number of nitrogens with one attached hydrogen (secondary N) is 1. The SMILES string of the molecule is CC(C)(NC(=O)c1cn(CCN)cn1)c1ccc(Br)cc1. The minimum Gasteiger partial charge on any atom is -0.342 e. The van der Waals surface area contributed by atoms with Gasteiger partial charge in [0.25, 0.3) is 5.91 Å². The van der Waals surface area contributed by atoms with Crippen molar-refractivity contribution in [2.45, 2.75) is 25.9 Å². The highest BCUT2D eigenvalue weighted by Gasteiger charge is 2.24. The largest absolute Gasteiger partial charge is 0.342 e. The highest BCUT2D eigenvalue weighted by atomic mass is 79.9. The maximum atomic E-state index is 12.3. The van der Waals surface area contributed by atoms with Gasteiger partial charge < -0.3 is 15.6 Å². The zero-order valence-corrected chi connectivity index (χ0v) is 13.7. The fraction of sp³-hybridized carbons (Fsp3) is 0.333. The minimum atomic E-state index is -0.477. The molecule has 0 aliphatic carbocycles. The first-order chi connectivity index (χ1) is 9.92. The second-order valence-electron chi connectivity index (χ2n) is 5.37. The Morgan fingerprint density at radius 3 is 2.67 bits per heavy atom. The molecule has 2 aromatic rings. The maximum Gasteiger partial charge on any atom is 0.272 e. The van der Waals surface area contributed by atoms with E-state index < -0.39 is 5.54 Å². The summed E-state index contributed by atoms with van der Waals surface area (Å²) < 4.78 is 2.82. The predicted molar refractivity (Wildman–Crippen MR) is 85.9 cm³/mol. The number of nitrogens with zero attached hydrogens (tertiary/aromatic N) is 2. The molecule has 0 fully saturated rings. The summed E-state index contributed by atoms with van der Waals surface area (Å²) in [6.07, 6.45) is 3.33. The van der Waals surface area contributed by atoms with Crippen LogP contribution < -0.4 is 11.1 Å². The second-order valence-corrected chi connectivity index (χ2v) is 6.29. The van der Waals surface area contributed by atoms with Crippen LogP contribution in [0.2, 0.25) is 0 Å². The Kier molecular flexibility index (Phi) is 4.80. The van der Waals surface area contributed by atoms with Crippen LogP contribution in [0.1, 0.15) is 29.9 Å². The van der Waals surface area contributed by atoms with Gasteiger partial charge in [0.2, 0.25) is 0 Å². The number of benzene rings is 1. The molecule has 5 nitrogen and oxygen atoms in total. The first-order valence-corrected chi connectivity index (χ1v) is 7.52. The van der Waals surface area contributed by atoms with E-state index in [1.165, 1.54) is 0 Å². The van der Waals surface area contributed by atoms with E-state index in [4.69, 9.17) is 5.73 Å². The van der Waals surface area contributed by atoms with E-state index in [1.807, 2.05) is 42.7 Å². The summed E-state index contributed by atoms with van der Waals surface area (Å²) in [4.78, 5) is 16.4. The van der Waals surface area contributed by atoms with E-state index in [9.17, 15) is 4.79 Å². The Bertz CT molecular complexity index is 619. The van der Waals surface area contributed by atoms with E-state index in [1.54, 1.807) is 12.5 Å². The summed E-state index contributed by atoms with van der Waals surface area (Å²) in [5.41, 5.74) is 6.43. The molecule has 0 spiro atoms. The van der Waals surface area contributed by atoms with Crippen LogP contribution in [-0.4, -0.2) is 22.0 Å². The Labute approximate surface area is 132 Å². The molecule has 112 valence electrons. The topological polar surface area (TPSA) is 72.9 Å². The van der Waals surface area contributed by atoms with Crippen LogP contribution >= 0.6 is 15.9 Å². The molecule has 0 atom stereocenters. The van der Waals surface area contributed by atoms with Gasteiger partial charge in [-0.25, -0.2) is 4.98 Å². The number of carbonyl (C=O) groups excluding carboxylic acids is 1. The summed E-state index contributed by atoms with van der Waals surface area (Å²) >= 11 is 3.41. The van der Waals surface area contributed by atoms with Gasteiger partial charge in [-0.05, 0) is 31.5 Å². The molecule has 0 unspecified atom stereocenters. The summed E-state index contributed by atoms with van der Waals surface area (Å²) in [6.45, 7) is 5.09. The lowest BCUT2D eigenvalue weighted by Crippen LogP contribution is -2.41. The molecule has 2 rings (SSSR count). The van der Waals surface area contributed by atoms with E-state index in [2.05, 4.69) is 26.2 Å². The average Bonchev–Trinajstić information content (AvgIpc) is 2.88. The van der Waals surface area contributed by atoms with Crippen LogP contribution in [0.5, 0.6) is 0 Å². The molecular weight excluding hydrogens is 332 g/mol. The second kappa shape index (κ2) is 6.41. The molecule has 21 heavy (non-hydrogen) atoms. The maximum absolute atomic E-state index is 12.3. The summed E-state index contributed by atoms with van der Waals surface area (Å²) in [6, 6.07) is 7.88. The van der Waals surface area contributed by atoms with E-state index >= 15 is 0 Å². The molecule has 1 heterocycles. The average molecular weight is 351 g/mol. The Hall–Kier alpha value is -1.66. The lowest BCUT2D eigenvalue weighted by atomic mass is 9.94. The Morgan fingerprint density at radius 2 is 2.05 bits per heavy atom. The van der Waals surface area contributed by atoms with Gasteiger partial charge in [-0.3, -0.25) is 4.79 Å². The number of hydrogen-bond acceptors (Lipinski definition) is 3. The molecule has 6 heteroatoms. The molecule has 0 radical (unpaired) electrons. The fourth-order valence-electron chi connectivity index (χ4n) is 2.04. The normalized spacial score (nSPS) is 11.4. The Balaban J connectivity index is 2.11. The summed E-state index contributed by atoms with van der Waals surface area (Å²) in [5, 5.41) is 3.00. The number of amides is 1. The lowest BCUT2D eigenvalue weighted by molar-refractivity contribution is 0.0907. The molecule has 0 aliphatic heterocycles. The molecule has 1 amide bonds. The molecule has 0 saturated heterocycles. The van der Waals surface area contributed by atoms with Crippen molar-refractivity contribution in [3.05, 3.63) is 52.5 Å². The molecule has 0 bridgehead atoms. The van der Waals surface area contributed by atoms with Gasteiger partial charge in [0.05, 0.1) is 11.9 Å². The highest BCUT2D eigenvalue weighted by molar-refractivity contribution is 9.10. The number of carbonyl (C=O) groups is 1. The number of nitrogens with two attached hydrogens (primary N) is 1. The van der Waals surface area contributed by atoms with Crippen molar-refractivity contribution in [2.24, 2.45) is 5.73 Å². The van der Waals surface area contributed by atoms with Crippen molar-refractivity contribution in [1.82, 2.24) is 14.9 Å². The monoisotopic (exact) mass is 350 g/mol. The van der Waals surface area contributed by atoms with E-state index in [0.29, 0.717) is 18.8 Å². The van der Waals surface area contributed by atoms with Gasteiger partial charge in [0.15, 0.2) is 0 Å². The van der Waals surface area contributed by atoms with Gasteiger partial charge >= 0.3 is 0 Å². The summed E-state index contributed by atoms with van der Waals surface area (Å²) in [7, 11) is 0. The zero-order valence-electron chi connectivity index (χ0n) is 12.1. The number of hydrogen-bond donors (Lipinski definition) is 2. The number of imidazole rings is 1. The van der Waals surface area contributed by atoms with Gasteiger partial charge in [-0.15, -0.1) is 0 Å². The van der Waals surface area contributed by atoms with Crippen molar-refractivity contribution in [3.63, 3.8) is 0 Å². The van der Waals surface area contributed by atoms with Crippen molar-refractivity contribution in [2.75, 3.05) is 6.54 Å². The van der Waals surface area contributed by atoms with Crippen LogP contribution in [-0.2, 0) is 12.1 Å². The molecule has 1 aromatic heterocycles. The first kappa shape index (κ1) is 15.7. The number of aromatic nitrogens is 2. The quantitative estimate of drug-likeness (QED) is 0.868. The molecular formula is C15H19BrN4O. The van der Waals surface area contributed by atoms with Crippen molar-refractivity contribution in [3.8, 4) is 0 Å². The smallest absolute Gasteiger partial charge is 0.272 e. The van der Waals surface area contributed by atoms with Gasteiger partial charge in [-0.2, -0.15) is 0 Å². The zero-order chi connectivity index (χ0) is 15.5. The number of halogens is 1. The number of rotatable bonds is 5. The van der Waals surface area contributed by atoms with Crippen LogP contribution in [0.3, 0.4) is 0 Å². The summed E-state index contributed by atoms with van der Waals surface area (Å²) in [5.74, 6) is -0.196. The molecule has 3 N–H and O–H groups in total. The lowest BCUT2D eigenvalue weighted by Gasteiger charge is -2.26. The van der Waals surface area contributed by atoms with Gasteiger partial charge in [0.1, 0.15) is 5.69 Å². The fourth-order valence-corrected chi connectivity index (χ4v) is 2.30. The van der Waals surface area contributed by atoms with Crippen molar-refractivity contribution >= 4 is 21.8 Å². The predicted octanol–water partition coefficient (Wildman–Crippen LogP) is 2.27. The third kappa shape index (κ3) is 3.92. The van der Waals surface area contributed by atoms with E-state index in [-0.39, 0.29) is 5.91 Å². The van der Waals surface area contributed by atoms with Crippen molar-refractivity contribution < 1.29 is 4.79 Å². The van der Waals surface area contributed by atoms with Crippen LogP contribution in [0.25, 0.3) is 0 Å². The van der Waals surface area contributed by atoms with Crippen LogP contribution in [0.4, 0.5) is 0 Å². The first-order valence-electron chi connectivity index (χ1n) is 6.73. The highest BCUT2D eigenvalue weighted by Crippen LogP contribution is 2.22. The third-order valence-electron chi connectivity index (χ3n) is 3.25. The van der Waals surface area contributed by atoms with Crippen LogP contribution in [0.15, 0.2) is 41.3 Å².